The summed E-state index contributed by atoms with van der Waals surface area (Å²) >= 11 is 0. The predicted molar refractivity (Wildman–Crippen MR) is 77.6 cm³/mol. The van der Waals surface area contributed by atoms with Gasteiger partial charge in [-0.1, -0.05) is 25.8 Å². The van der Waals surface area contributed by atoms with Crippen molar-refractivity contribution < 1.29 is 9.47 Å². The molecule has 0 aliphatic heterocycles. The zero-order valence-electron chi connectivity index (χ0n) is 12.2. The second kappa shape index (κ2) is 6.29. The standard InChI is InChI=1S/C16H25NO2/c1-11-7-9-12(10-8-11)16(17)15-13(18-2)5-4-6-14(15)19-3/h4-6,11-12,16H,7-10,17H2,1-3H3. The minimum absolute atomic E-state index is 0.00130. The highest BCUT2D eigenvalue weighted by Crippen LogP contribution is 2.41. The lowest BCUT2D eigenvalue weighted by molar-refractivity contribution is 0.249. The first-order valence-corrected chi connectivity index (χ1v) is 7.13. The monoisotopic (exact) mass is 263 g/mol. The first kappa shape index (κ1) is 14.2. The summed E-state index contributed by atoms with van der Waals surface area (Å²) in [6.45, 7) is 2.32. The van der Waals surface area contributed by atoms with E-state index >= 15 is 0 Å². The average Bonchev–Trinajstić information content (AvgIpc) is 2.46. The van der Waals surface area contributed by atoms with Gasteiger partial charge >= 0.3 is 0 Å². The highest BCUT2D eigenvalue weighted by atomic mass is 16.5. The molecule has 0 saturated heterocycles. The molecule has 19 heavy (non-hydrogen) atoms. The van der Waals surface area contributed by atoms with Gasteiger partial charge in [0.2, 0.25) is 0 Å². The van der Waals surface area contributed by atoms with E-state index in [1.807, 2.05) is 18.2 Å². The SMILES string of the molecule is COc1cccc(OC)c1C(N)C1CCC(C)CC1. The zero-order valence-corrected chi connectivity index (χ0v) is 12.2. The minimum atomic E-state index is -0.00130. The Balaban J connectivity index is 2.24. The minimum Gasteiger partial charge on any atom is -0.496 e. The molecule has 3 heteroatoms. The number of methoxy groups -OCH3 is 2. The molecule has 0 aromatic heterocycles. The number of hydrogen-bond acceptors (Lipinski definition) is 3. The van der Waals surface area contributed by atoms with E-state index in [2.05, 4.69) is 6.92 Å². The molecule has 0 bridgehead atoms. The normalized spacial score (nSPS) is 24.8. The van der Waals surface area contributed by atoms with Gasteiger partial charge in [0.05, 0.1) is 19.8 Å². The van der Waals surface area contributed by atoms with Gasteiger partial charge < -0.3 is 15.2 Å². The van der Waals surface area contributed by atoms with E-state index in [-0.39, 0.29) is 6.04 Å². The number of rotatable bonds is 4. The quantitative estimate of drug-likeness (QED) is 0.903. The highest BCUT2D eigenvalue weighted by molar-refractivity contribution is 5.47. The fourth-order valence-corrected chi connectivity index (χ4v) is 3.09. The Labute approximate surface area is 116 Å². The molecule has 106 valence electrons. The lowest BCUT2D eigenvalue weighted by Gasteiger charge is -2.32. The second-order valence-corrected chi connectivity index (χ2v) is 5.62. The largest absolute Gasteiger partial charge is 0.496 e. The van der Waals surface area contributed by atoms with Crippen molar-refractivity contribution in [1.82, 2.24) is 0 Å². The maximum atomic E-state index is 6.51. The lowest BCUT2D eigenvalue weighted by Crippen LogP contribution is -2.26. The molecule has 3 nitrogen and oxygen atoms in total. The van der Waals surface area contributed by atoms with Gasteiger partial charge in [-0.3, -0.25) is 0 Å². The summed E-state index contributed by atoms with van der Waals surface area (Å²) in [5.74, 6) is 3.04. The molecule has 1 aliphatic rings. The molecular weight excluding hydrogens is 238 g/mol. The third kappa shape index (κ3) is 3.03. The Bertz CT molecular complexity index is 389. The molecular formula is C16H25NO2. The smallest absolute Gasteiger partial charge is 0.127 e. The Hall–Kier alpha value is -1.22. The fraction of sp³-hybridized carbons (Fsp3) is 0.625. The average molecular weight is 263 g/mol. The van der Waals surface area contributed by atoms with Gasteiger partial charge in [0.1, 0.15) is 11.5 Å². The molecule has 1 saturated carbocycles. The summed E-state index contributed by atoms with van der Waals surface area (Å²) in [6.07, 6.45) is 4.94. The van der Waals surface area contributed by atoms with Gasteiger partial charge in [0.25, 0.3) is 0 Å². The van der Waals surface area contributed by atoms with Crippen LogP contribution in [-0.4, -0.2) is 14.2 Å². The van der Waals surface area contributed by atoms with Crippen LogP contribution < -0.4 is 15.2 Å². The Morgan fingerprint density at radius 2 is 1.58 bits per heavy atom. The van der Waals surface area contributed by atoms with E-state index in [1.165, 1.54) is 25.7 Å². The van der Waals surface area contributed by atoms with E-state index in [0.717, 1.165) is 23.0 Å². The van der Waals surface area contributed by atoms with Crippen LogP contribution in [0.15, 0.2) is 18.2 Å². The molecule has 1 aromatic rings. The van der Waals surface area contributed by atoms with E-state index in [1.54, 1.807) is 14.2 Å². The Kier molecular flexibility index (Phi) is 4.70. The maximum absolute atomic E-state index is 6.51. The van der Waals surface area contributed by atoms with Crippen LogP contribution in [0, 0.1) is 11.8 Å². The number of benzene rings is 1. The third-order valence-electron chi connectivity index (χ3n) is 4.37. The molecule has 1 atom stereocenters. The van der Waals surface area contributed by atoms with Gasteiger partial charge in [-0.2, -0.15) is 0 Å². The van der Waals surface area contributed by atoms with Gasteiger partial charge in [-0.05, 0) is 36.8 Å². The van der Waals surface area contributed by atoms with Crippen molar-refractivity contribution in [3.05, 3.63) is 23.8 Å². The summed E-state index contributed by atoms with van der Waals surface area (Å²) in [6, 6.07) is 5.86. The first-order valence-electron chi connectivity index (χ1n) is 7.13. The van der Waals surface area contributed by atoms with Crippen molar-refractivity contribution >= 4 is 0 Å². The third-order valence-corrected chi connectivity index (χ3v) is 4.37. The maximum Gasteiger partial charge on any atom is 0.127 e. The second-order valence-electron chi connectivity index (χ2n) is 5.62. The van der Waals surface area contributed by atoms with Crippen LogP contribution >= 0.6 is 0 Å². The van der Waals surface area contributed by atoms with E-state index in [9.17, 15) is 0 Å². The highest BCUT2D eigenvalue weighted by Gasteiger charge is 2.28. The summed E-state index contributed by atoms with van der Waals surface area (Å²) in [5, 5.41) is 0. The lowest BCUT2D eigenvalue weighted by atomic mass is 9.77. The molecule has 0 amide bonds. The molecule has 1 fully saturated rings. The fourth-order valence-electron chi connectivity index (χ4n) is 3.09. The molecule has 1 aliphatic carbocycles. The summed E-state index contributed by atoms with van der Waals surface area (Å²) in [7, 11) is 3.38. The van der Waals surface area contributed by atoms with E-state index < -0.39 is 0 Å². The van der Waals surface area contributed by atoms with Crippen LogP contribution in [0.3, 0.4) is 0 Å². The van der Waals surface area contributed by atoms with Crippen LogP contribution in [0.2, 0.25) is 0 Å². The summed E-state index contributed by atoms with van der Waals surface area (Å²) in [4.78, 5) is 0. The van der Waals surface area contributed by atoms with Gasteiger partial charge in [0.15, 0.2) is 0 Å². The van der Waals surface area contributed by atoms with Crippen molar-refractivity contribution in [2.75, 3.05) is 14.2 Å². The summed E-state index contributed by atoms with van der Waals surface area (Å²) in [5.41, 5.74) is 7.53. The van der Waals surface area contributed by atoms with Crippen molar-refractivity contribution in [2.45, 2.75) is 38.6 Å². The van der Waals surface area contributed by atoms with Crippen LogP contribution in [-0.2, 0) is 0 Å². The molecule has 0 heterocycles. The van der Waals surface area contributed by atoms with Crippen LogP contribution in [0.5, 0.6) is 11.5 Å². The van der Waals surface area contributed by atoms with E-state index in [4.69, 9.17) is 15.2 Å². The first-order chi connectivity index (χ1) is 9.17. The van der Waals surface area contributed by atoms with Crippen molar-refractivity contribution in [3.8, 4) is 11.5 Å². The molecule has 1 unspecified atom stereocenters. The van der Waals surface area contributed by atoms with Crippen LogP contribution in [0.25, 0.3) is 0 Å². The van der Waals surface area contributed by atoms with Gasteiger partial charge in [-0.25, -0.2) is 0 Å². The molecule has 0 spiro atoms. The Morgan fingerprint density at radius 1 is 1.05 bits per heavy atom. The summed E-state index contributed by atoms with van der Waals surface area (Å²) < 4.78 is 10.9. The predicted octanol–water partition coefficient (Wildman–Crippen LogP) is 3.53. The molecule has 2 rings (SSSR count). The molecule has 0 radical (unpaired) electrons. The van der Waals surface area contributed by atoms with Crippen molar-refractivity contribution in [2.24, 2.45) is 17.6 Å². The molecule has 2 N–H and O–H groups in total. The number of nitrogens with two attached hydrogens (primary N) is 1. The Morgan fingerprint density at radius 3 is 2.05 bits per heavy atom. The van der Waals surface area contributed by atoms with Crippen molar-refractivity contribution in [1.29, 1.82) is 0 Å². The number of hydrogen-bond donors (Lipinski definition) is 1. The van der Waals surface area contributed by atoms with Crippen LogP contribution in [0.4, 0.5) is 0 Å². The van der Waals surface area contributed by atoms with Crippen molar-refractivity contribution in [3.63, 3.8) is 0 Å². The molecule has 1 aromatic carbocycles. The topological polar surface area (TPSA) is 44.5 Å². The van der Waals surface area contributed by atoms with Gasteiger partial charge in [0, 0.05) is 6.04 Å². The number of ether oxygens (including phenoxy) is 2. The van der Waals surface area contributed by atoms with Crippen LogP contribution in [0.1, 0.15) is 44.2 Å². The van der Waals surface area contributed by atoms with E-state index in [0.29, 0.717) is 5.92 Å². The zero-order chi connectivity index (χ0) is 13.8. The van der Waals surface area contributed by atoms with Gasteiger partial charge in [-0.15, -0.1) is 0 Å².